The first kappa shape index (κ1) is 12.8. The highest BCUT2D eigenvalue weighted by atomic mass is 15.0. The van der Waals surface area contributed by atoms with E-state index in [9.17, 15) is 0 Å². The summed E-state index contributed by atoms with van der Waals surface area (Å²) in [5.41, 5.74) is 3.52. The van der Waals surface area contributed by atoms with Crippen LogP contribution in [0.3, 0.4) is 0 Å². The second-order valence-corrected chi connectivity index (χ2v) is 5.13. The molecule has 1 atom stereocenters. The van der Waals surface area contributed by atoms with Crippen molar-refractivity contribution in [2.75, 3.05) is 0 Å². The van der Waals surface area contributed by atoms with Crippen LogP contribution >= 0.6 is 0 Å². The minimum Gasteiger partial charge on any atom is -0.258 e. The number of hydrogen-bond donors (Lipinski definition) is 0. The number of benzene rings is 2. The van der Waals surface area contributed by atoms with Gasteiger partial charge >= 0.3 is 0 Å². The van der Waals surface area contributed by atoms with Gasteiger partial charge in [-0.1, -0.05) is 60.7 Å². The van der Waals surface area contributed by atoms with E-state index in [0.717, 1.165) is 30.0 Å². The van der Waals surface area contributed by atoms with E-state index in [1.165, 1.54) is 5.56 Å². The van der Waals surface area contributed by atoms with E-state index in [4.69, 9.17) is 4.99 Å². The molecule has 0 N–H and O–H groups in total. The van der Waals surface area contributed by atoms with Crippen LogP contribution in [0.5, 0.6) is 0 Å². The van der Waals surface area contributed by atoms with E-state index in [2.05, 4.69) is 48.3 Å². The predicted octanol–water partition coefficient (Wildman–Crippen LogP) is 4.43. The molecule has 2 aromatic carbocycles. The highest BCUT2D eigenvalue weighted by Crippen LogP contribution is 2.26. The molecule has 0 spiro atoms. The summed E-state index contributed by atoms with van der Waals surface area (Å²) in [7, 11) is 0. The van der Waals surface area contributed by atoms with Crippen LogP contribution in [0.4, 0.5) is 0 Å². The van der Waals surface area contributed by atoms with Crippen LogP contribution in [-0.4, -0.2) is 11.5 Å². The summed E-state index contributed by atoms with van der Waals surface area (Å²) in [6.07, 6.45) is 2.02. The molecule has 3 rings (SSSR count). The lowest BCUT2D eigenvalue weighted by molar-refractivity contribution is 0.680. The Hall–Kier alpha value is -2.22. The van der Waals surface area contributed by atoms with Crippen molar-refractivity contribution in [3.8, 4) is 0 Å². The minimum absolute atomic E-state index is 0.201. The molecular formula is C18H18N2. The number of aliphatic imine (C=N–C) groups is 2. The van der Waals surface area contributed by atoms with E-state index < -0.39 is 0 Å². The fourth-order valence-corrected chi connectivity index (χ4v) is 2.47. The van der Waals surface area contributed by atoms with Crippen molar-refractivity contribution < 1.29 is 0 Å². The third kappa shape index (κ3) is 2.85. The fraction of sp³-hybridized carbons (Fsp3) is 0.222. The predicted molar refractivity (Wildman–Crippen MR) is 84.5 cm³/mol. The standard InChI is InChI=1S/C18H18N2/c1-14-12-13-17(15-8-4-2-5-9-15)20-18(19-14)16-10-6-3-7-11-16/h2-11,17H,12-13H2,1H3. The van der Waals surface area contributed by atoms with Crippen molar-refractivity contribution >= 4 is 11.5 Å². The van der Waals surface area contributed by atoms with Gasteiger partial charge in [-0.2, -0.15) is 0 Å². The van der Waals surface area contributed by atoms with E-state index in [1.807, 2.05) is 24.3 Å². The van der Waals surface area contributed by atoms with Gasteiger partial charge in [0.15, 0.2) is 5.84 Å². The van der Waals surface area contributed by atoms with Gasteiger partial charge in [0.1, 0.15) is 0 Å². The molecule has 2 nitrogen and oxygen atoms in total. The Bertz CT molecular complexity index is 627. The second kappa shape index (κ2) is 5.83. The number of amidine groups is 1. The first-order valence-electron chi connectivity index (χ1n) is 7.05. The summed E-state index contributed by atoms with van der Waals surface area (Å²) in [5, 5.41) is 0. The molecule has 0 radical (unpaired) electrons. The molecule has 1 unspecified atom stereocenters. The van der Waals surface area contributed by atoms with Gasteiger partial charge in [0, 0.05) is 11.3 Å². The molecule has 0 saturated carbocycles. The zero-order valence-corrected chi connectivity index (χ0v) is 11.7. The van der Waals surface area contributed by atoms with Crippen LogP contribution in [0.15, 0.2) is 70.6 Å². The SMILES string of the molecule is CC1=NC(c2ccccc2)=NC(c2ccccc2)CC1. The van der Waals surface area contributed by atoms with Crippen molar-refractivity contribution in [1.29, 1.82) is 0 Å². The zero-order chi connectivity index (χ0) is 13.8. The van der Waals surface area contributed by atoms with E-state index in [1.54, 1.807) is 0 Å². The highest BCUT2D eigenvalue weighted by Gasteiger charge is 2.16. The molecule has 2 aromatic rings. The summed E-state index contributed by atoms with van der Waals surface area (Å²) in [4.78, 5) is 9.58. The number of hydrogen-bond acceptors (Lipinski definition) is 2. The van der Waals surface area contributed by atoms with Gasteiger partial charge in [-0.25, -0.2) is 4.99 Å². The third-order valence-corrected chi connectivity index (χ3v) is 3.57. The molecule has 1 aliphatic heterocycles. The summed E-state index contributed by atoms with van der Waals surface area (Å²) in [6, 6.07) is 20.9. The topological polar surface area (TPSA) is 24.7 Å². The molecule has 0 bridgehead atoms. The minimum atomic E-state index is 0.201. The molecule has 1 heterocycles. The van der Waals surface area contributed by atoms with Crippen molar-refractivity contribution in [3.05, 3.63) is 71.8 Å². The van der Waals surface area contributed by atoms with Crippen LogP contribution in [0.25, 0.3) is 0 Å². The smallest absolute Gasteiger partial charge is 0.155 e. The average molecular weight is 262 g/mol. The van der Waals surface area contributed by atoms with Gasteiger partial charge in [-0.15, -0.1) is 0 Å². The van der Waals surface area contributed by atoms with Gasteiger partial charge in [-0.3, -0.25) is 4.99 Å². The fourth-order valence-electron chi connectivity index (χ4n) is 2.47. The van der Waals surface area contributed by atoms with Crippen LogP contribution in [0.1, 0.15) is 36.9 Å². The van der Waals surface area contributed by atoms with Crippen molar-refractivity contribution in [1.82, 2.24) is 0 Å². The van der Waals surface area contributed by atoms with Gasteiger partial charge in [0.25, 0.3) is 0 Å². The van der Waals surface area contributed by atoms with Gasteiger partial charge in [0.05, 0.1) is 6.04 Å². The summed E-state index contributed by atoms with van der Waals surface area (Å²) in [6.45, 7) is 2.09. The lowest BCUT2D eigenvalue weighted by atomic mass is 10.0. The molecule has 0 aliphatic carbocycles. The second-order valence-electron chi connectivity index (χ2n) is 5.13. The maximum Gasteiger partial charge on any atom is 0.155 e. The summed E-state index contributed by atoms with van der Waals surface area (Å²) < 4.78 is 0. The van der Waals surface area contributed by atoms with Gasteiger partial charge in [0.2, 0.25) is 0 Å². The molecule has 1 aliphatic rings. The first-order chi connectivity index (χ1) is 9.83. The Morgan fingerprint density at radius 2 is 1.55 bits per heavy atom. The van der Waals surface area contributed by atoms with Crippen LogP contribution in [0, 0.1) is 0 Å². The van der Waals surface area contributed by atoms with Gasteiger partial charge < -0.3 is 0 Å². The van der Waals surface area contributed by atoms with Crippen molar-refractivity contribution in [2.45, 2.75) is 25.8 Å². The highest BCUT2D eigenvalue weighted by molar-refractivity contribution is 6.07. The lowest BCUT2D eigenvalue weighted by Crippen LogP contribution is -2.01. The normalized spacial score (nSPS) is 18.9. The van der Waals surface area contributed by atoms with Crippen molar-refractivity contribution in [2.24, 2.45) is 9.98 Å². The zero-order valence-electron chi connectivity index (χ0n) is 11.7. The molecule has 2 heteroatoms. The Labute approximate surface area is 119 Å². The van der Waals surface area contributed by atoms with E-state index in [0.29, 0.717) is 0 Å². The van der Waals surface area contributed by atoms with Crippen LogP contribution < -0.4 is 0 Å². The summed E-state index contributed by atoms with van der Waals surface area (Å²) in [5.74, 6) is 0.856. The lowest BCUT2D eigenvalue weighted by Gasteiger charge is -2.11. The first-order valence-corrected chi connectivity index (χ1v) is 7.05. The Kier molecular flexibility index (Phi) is 3.73. The Balaban J connectivity index is 2.00. The molecule has 0 aromatic heterocycles. The van der Waals surface area contributed by atoms with Crippen molar-refractivity contribution in [3.63, 3.8) is 0 Å². The maximum atomic E-state index is 4.90. The largest absolute Gasteiger partial charge is 0.258 e. The average Bonchev–Trinajstić information content (AvgIpc) is 2.71. The number of nitrogens with zero attached hydrogens (tertiary/aromatic N) is 2. The quantitative estimate of drug-likeness (QED) is 0.765. The molecule has 0 fully saturated rings. The van der Waals surface area contributed by atoms with Crippen LogP contribution in [-0.2, 0) is 0 Å². The summed E-state index contributed by atoms with van der Waals surface area (Å²) >= 11 is 0. The molecular weight excluding hydrogens is 244 g/mol. The maximum absolute atomic E-state index is 4.90. The third-order valence-electron chi connectivity index (χ3n) is 3.57. The number of rotatable bonds is 2. The molecule has 0 amide bonds. The van der Waals surface area contributed by atoms with E-state index in [-0.39, 0.29) is 6.04 Å². The molecule has 100 valence electrons. The molecule has 0 saturated heterocycles. The Morgan fingerprint density at radius 3 is 2.25 bits per heavy atom. The van der Waals surface area contributed by atoms with Gasteiger partial charge in [-0.05, 0) is 25.3 Å². The van der Waals surface area contributed by atoms with E-state index >= 15 is 0 Å². The van der Waals surface area contributed by atoms with Crippen LogP contribution in [0.2, 0.25) is 0 Å². The molecule has 20 heavy (non-hydrogen) atoms. The monoisotopic (exact) mass is 262 g/mol. The Morgan fingerprint density at radius 1 is 0.900 bits per heavy atom.